The summed E-state index contributed by atoms with van der Waals surface area (Å²) in [6.07, 6.45) is 8.78. The summed E-state index contributed by atoms with van der Waals surface area (Å²) in [5, 5.41) is 9.50. The number of thioether (sulfide) groups is 1. The van der Waals surface area contributed by atoms with Crippen LogP contribution < -0.4 is 0 Å². The number of rotatable bonds is 5. The molecule has 2 fully saturated rings. The van der Waals surface area contributed by atoms with Gasteiger partial charge in [0.2, 0.25) is 0 Å². The fraction of sp³-hybridized carbons (Fsp3) is 0.929. The number of likely N-dealkylation sites (tertiary alicyclic amines) is 1. The summed E-state index contributed by atoms with van der Waals surface area (Å²) >= 11 is 1.98. The van der Waals surface area contributed by atoms with Gasteiger partial charge in [0, 0.05) is 17.8 Å². The zero-order chi connectivity index (χ0) is 13.2. The summed E-state index contributed by atoms with van der Waals surface area (Å²) in [5.74, 6) is -0.596. The molecule has 3 nitrogen and oxygen atoms in total. The minimum Gasteiger partial charge on any atom is -0.481 e. The van der Waals surface area contributed by atoms with E-state index in [1.165, 1.54) is 19.3 Å². The van der Waals surface area contributed by atoms with Gasteiger partial charge in [0.15, 0.2) is 0 Å². The average Bonchev–Trinajstić information content (AvgIpc) is 2.34. The first kappa shape index (κ1) is 14.2. The van der Waals surface area contributed by atoms with Crippen molar-refractivity contribution in [3.05, 3.63) is 0 Å². The maximum atomic E-state index is 11.5. The van der Waals surface area contributed by atoms with Crippen molar-refractivity contribution in [2.24, 2.45) is 5.41 Å². The zero-order valence-corrected chi connectivity index (χ0v) is 12.4. The number of nitrogens with zero attached hydrogens (tertiary/aromatic N) is 1. The number of carboxylic acids is 1. The maximum absolute atomic E-state index is 11.5. The van der Waals surface area contributed by atoms with E-state index in [0.29, 0.717) is 4.75 Å². The summed E-state index contributed by atoms with van der Waals surface area (Å²) in [6, 6.07) is 0. The monoisotopic (exact) mass is 271 g/mol. The van der Waals surface area contributed by atoms with E-state index in [2.05, 4.69) is 11.2 Å². The number of piperidine rings is 1. The quantitative estimate of drug-likeness (QED) is 0.835. The molecule has 1 aliphatic carbocycles. The van der Waals surface area contributed by atoms with Crippen molar-refractivity contribution in [2.45, 2.75) is 50.2 Å². The van der Waals surface area contributed by atoms with Gasteiger partial charge in [0.05, 0.1) is 5.41 Å². The molecule has 104 valence electrons. The van der Waals surface area contributed by atoms with Crippen LogP contribution in [-0.4, -0.2) is 46.6 Å². The van der Waals surface area contributed by atoms with Gasteiger partial charge in [0.25, 0.3) is 0 Å². The highest BCUT2D eigenvalue weighted by Crippen LogP contribution is 2.44. The highest BCUT2D eigenvalue weighted by molar-refractivity contribution is 8.00. The highest BCUT2D eigenvalue weighted by Gasteiger charge is 2.44. The Hall–Kier alpha value is -0.220. The molecular weight excluding hydrogens is 246 g/mol. The van der Waals surface area contributed by atoms with Crippen molar-refractivity contribution in [3.63, 3.8) is 0 Å². The molecule has 1 unspecified atom stereocenters. The van der Waals surface area contributed by atoms with Gasteiger partial charge in [-0.2, -0.15) is 11.8 Å². The number of carboxylic acid groups (broad SMARTS) is 1. The van der Waals surface area contributed by atoms with Crippen LogP contribution in [-0.2, 0) is 4.79 Å². The molecule has 4 heteroatoms. The number of carbonyl (C=O) groups is 1. The first-order chi connectivity index (χ1) is 8.56. The van der Waals surface area contributed by atoms with Crippen molar-refractivity contribution in [1.82, 2.24) is 4.90 Å². The predicted molar refractivity (Wildman–Crippen MR) is 76.1 cm³/mol. The molecule has 18 heavy (non-hydrogen) atoms. The number of hydrogen-bond donors (Lipinski definition) is 1. The van der Waals surface area contributed by atoms with E-state index >= 15 is 0 Å². The molecule has 0 spiro atoms. The predicted octanol–water partition coefficient (Wildman–Crippen LogP) is 2.85. The number of hydrogen-bond acceptors (Lipinski definition) is 3. The van der Waals surface area contributed by atoms with Crippen molar-refractivity contribution in [1.29, 1.82) is 0 Å². The van der Waals surface area contributed by atoms with Crippen LogP contribution in [0.4, 0.5) is 0 Å². The van der Waals surface area contributed by atoms with E-state index in [9.17, 15) is 9.90 Å². The minimum atomic E-state index is -0.596. The van der Waals surface area contributed by atoms with Gasteiger partial charge in [-0.15, -0.1) is 0 Å². The molecule has 2 rings (SSSR count). The lowest BCUT2D eigenvalue weighted by molar-refractivity contribution is -0.153. The molecule has 1 saturated carbocycles. The molecule has 0 aromatic rings. The fourth-order valence-corrected chi connectivity index (χ4v) is 4.39. The van der Waals surface area contributed by atoms with Crippen LogP contribution >= 0.6 is 11.8 Å². The lowest BCUT2D eigenvalue weighted by Crippen LogP contribution is -2.53. The SMILES string of the molecule is CCC1(C(=O)O)CCCN(CC2(SC)CCC2)C1. The highest BCUT2D eigenvalue weighted by atomic mass is 32.2. The molecule has 0 aromatic carbocycles. The van der Waals surface area contributed by atoms with E-state index in [0.717, 1.165) is 38.9 Å². The molecule has 1 N–H and O–H groups in total. The van der Waals surface area contributed by atoms with Gasteiger partial charge >= 0.3 is 5.97 Å². The van der Waals surface area contributed by atoms with Gasteiger partial charge in [-0.1, -0.05) is 13.3 Å². The summed E-state index contributed by atoms with van der Waals surface area (Å²) in [6.45, 7) is 4.94. The Kier molecular flexibility index (Phi) is 4.27. The second-order valence-corrected chi connectivity index (χ2v) is 7.27. The van der Waals surface area contributed by atoms with Crippen LogP contribution in [0.1, 0.15) is 45.4 Å². The molecule has 1 saturated heterocycles. The van der Waals surface area contributed by atoms with Gasteiger partial charge in [-0.3, -0.25) is 4.79 Å². The topological polar surface area (TPSA) is 40.5 Å². The van der Waals surface area contributed by atoms with E-state index in [1.807, 2.05) is 18.7 Å². The van der Waals surface area contributed by atoms with Crippen LogP contribution in [0.3, 0.4) is 0 Å². The van der Waals surface area contributed by atoms with Crippen molar-refractivity contribution in [3.8, 4) is 0 Å². The summed E-state index contributed by atoms with van der Waals surface area (Å²) in [7, 11) is 0. The Balaban J connectivity index is 2.00. The summed E-state index contributed by atoms with van der Waals surface area (Å²) < 4.78 is 0.426. The molecule has 1 heterocycles. The molecule has 0 bridgehead atoms. The zero-order valence-electron chi connectivity index (χ0n) is 11.6. The van der Waals surface area contributed by atoms with Crippen LogP contribution in [0.25, 0.3) is 0 Å². The Labute approximate surface area is 114 Å². The van der Waals surface area contributed by atoms with Gasteiger partial charge < -0.3 is 10.0 Å². The number of aliphatic carboxylic acids is 1. The molecular formula is C14H25NO2S. The lowest BCUT2D eigenvalue weighted by Gasteiger charge is -2.47. The Bertz CT molecular complexity index is 311. The van der Waals surface area contributed by atoms with E-state index in [-0.39, 0.29) is 0 Å². The van der Waals surface area contributed by atoms with Crippen LogP contribution in [0.2, 0.25) is 0 Å². The van der Waals surface area contributed by atoms with Crippen molar-refractivity contribution < 1.29 is 9.90 Å². The normalized spacial score (nSPS) is 31.9. The largest absolute Gasteiger partial charge is 0.481 e. The van der Waals surface area contributed by atoms with E-state index in [1.54, 1.807) is 0 Å². The van der Waals surface area contributed by atoms with Gasteiger partial charge in [-0.05, 0) is 44.9 Å². The average molecular weight is 271 g/mol. The smallest absolute Gasteiger partial charge is 0.310 e. The summed E-state index contributed by atoms with van der Waals surface area (Å²) in [4.78, 5) is 14.0. The van der Waals surface area contributed by atoms with E-state index < -0.39 is 11.4 Å². The second-order valence-electron chi connectivity index (χ2n) is 5.99. The molecule has 2 aliphatic rings. The molecule has 0 amide bonds. The third-order valence-corrected chi connectivity index (χ3v) is 6.40. The van der Waals surface area contributed by atoms with Crippen LogP contribution in [0, 0.1) is 5.41 Å². The Morgan fingerprint density at radius 1 is 1.33 bits per heavy atom. The second kappa shape index (κ2) is 5.41. The van der Waals surface area contributed by atoms with Gasteiger partial charge in [-0.25, -0.2) is 0 Å². The molecule has 0 radical (unpaired) electrons. The van der Waals surface area contributed by atoms with Crippen LogP contribution in [0.5, 0.6) is 0 Å². The first-order valence-electron chi connectivity index (χ1n) is 7.07. The van der Waals surface area contributed by atoms with Crippen molar-refractivity contribution in [2.75, 3.05) is 25.9 Å². The maximum Gasteiger partial charge on any atom is 0.310 e. The fourth-order valence-electron chi connectivity index (χ4n) is 3.38. The van der Waals surface area contributed by atoms with Crippen LogP contribution in [0.15, 0.2) is 0 Å². The third kappa shape index (κ3) is 2.55. The summed E-state index contributed by atoms with van der Waals surface area (Å²) in [5.41, 5.74) is -0.485. The molecule has 1 atom stereocenters. The molecule has 0 aromatic heterocycles. The Morgan fingerprint density at radius 3 is 2.50 bits per heavy atom. The minimum absolute atomic E-state index is 0.426. The first-order valence-corrected chi connectivity index (χ1v) is 8.29. The standard InChI is InChI=1S/C14H25NO2S/c1-3-13(12(16)17)6-5-9-15(10-13)11-14(18-2)7-4-8-14/h3-11H2,1-2H3,(H,16,17). The molecule has 1 aliphatic heterocycles. The lowest BCUT2D eigenvalue weighted by atomic mass is 9.76. The van der Waals surface area contributed by atoms with E-state index in [4.69, 9.17) is 0 Å². The Morgan fingerprint density at radius 2 is 2.06 bits per heavy atom. The van der Waals surface area contributed by atoms with Crippen molar-refractivity contribution >= 4 is 17.7 Å². The van der Waals surface area contributed by atoms with Gasteiger partial charge in [0.1, 0.15) is 0 Å². The third-order valence-electron chi connectivity index (χ3n) is 5.00.